The minimum atomic E-state index is -0.687. The van der Waals surface area contributed by atoms with Gasteiger partial charge in [-0.25, -0.2) is 4.79 Å². The minimum Gasteiger partial charge on any atom is -0.474 e. The van der Waals surface area contributed by atoms with Crippen LogP contribution in [0.25, 0.3) is 5.65 Å². The number of carbonyl (C=O) groups excluding carboxylic acids is 1. The number of hydrogen-bond acceptors (Lipinski definition) is 8. The van der Waals surface area contributed by atoms with Crippen molar-refractivity contribution in [1.29, 1.82) is 5.41 Å². The lowest BCUT2D eigenvalue weighted by Gasteiger charge is -2.30. The Morgan fingerprint density at radius 2 is 2.03 bits per heavy atom. The van der Waals surface area contributed by atoms with Gasteiger partial charge in [-0.15, -0.1) is 0 Å². The lowest BCUT2D eigenvalue weighted by molar-refractivity contribution is 0.0581. The number of nitrogens with zero attached hydrogens (tertiary/aromatic N) is 5. The predicted octanol–water partition coefficient (Wildman–Crippen LogP) is 3.82. The molecule has 0 atom stereocenters. The second-order valence-corrected chi connectivity index (χ2v) is 10.2. The number of aromatic nitrogens is 3. The zero-order valence-electron chi connectivity index (χ0n) is 22.0. The molecule has 1 aliphatic heterocycles. The maximum absolute atomic E-state index is 13.4. The van der Waals surface area contributed by atoms with Crippen molar-refractivity contribution in [3.05, 3.63) is 29.6 Å². The minimum absolute atomic E-state index is 0.0556. The van der Waals surface area contributed by atoms with Crippen LogP contribution < -0.4 is 15.0 Å². The third-order valence-electron chi connectivity index (χ3n) is 5.86. The quantitative estimate of drug-likeness (QED) is 0.547. The van der Waals surface area contributed by atoms with Crippen molar-refractivity contribution in [2.75, 3.05) is 38.6 Å². The first kappa shape index (κ1) is 26.5. The van der Waals surface area contributed by atoms with Crippen LogP contribution >= 0.6 is 0 Å². The van der Waals surface area contributed by atoms with Crippen LogP contribution in [0.2, 0.25) is 0 Å². The lowest BCUT2D eigenvalue weighted by Crippen LogP contribution is -2.40. The summed E-state index contributed by atoms with van der Waals surface area (Å²) in [4.78, 5) is 22.0. The van der Waals surface area contributed by atoms with Crippen molar-refractivity contribution in [1.82, 2.24) is 24.8 Å². The fourth-order valence-corrected chi connectivity index (χ4v) is 3.92. The van der Waals surface area contributed by atoms with Crippen molar-refractivity contribution in [3.8, 4) is 5.88 Å². The maximum Gasteiger partial charge on any atom is 0.416 e. The van der Waals surface area contributed by atoms with Crippen LogP contribution in [0.15, 0.2) is 24.0 Å². The highest BCUT2D eigenvalue weighted by Crippen LogP contribution is 2.29. The summed E-state index contributed by atoms with van der Waals surface area (Å²) in [5, 5.41) is 15.1. The largest absolute Gasteiger partial charge is 0.474 e. The number of rotatable bonds is 8. The number of carbonyl (C=O) groups is 1. The van der Waals surface area contributed by atoms with E-state index in [1.54, 1.807) is 29.9 Å². The molecule has 1 aliphatic rings. The summed E-state index contributed by atoms with van der Waals surface area (Å²) in [5.74, 6) is 1.14. The highest BCUT2D eigenvalue weighted by molar-refractivity contribution is 5.88. The second kappa shape index (κ2) is 11.1. The Hall–Kier alpha value is -3.14. The summed E-state index contributed by atoms with van der Waals surface area (Å²) in [5.41, 5.74) is 1.60. The van der Waals surface area contributed by atoms with Gasteiger partial charge in [-0.2, -0.15) is 14.6 Å². The molecule has 0 aliphatic carbocycles. The number of nitrogens with one attached hydrogen (secondary N) is 2. The summed E-state index contributed by atoms with van der Waals surface area (Å²) >= 11 is 0. The van der Waals surface area contributed by atoms with E-state index in [9.17, 15) is 4.79 Å². The summed E-state index contributed by atoms with van der Waals surface area (Å²) < 4.78 is 13.8. The van der Waals surface area contributed by atoms with Gasteiger partial charge in [0.15, 0.2) is 5.65 Å². The van der Waals surface area contributed by atoms with E-state index in [0.717, 1.165) is 31.5 Å². The van der Waals surface area contributed by atoms with Gasteiger partial charge in [0, 0.05) is 43.7 Å². The Kier molecular flexibility index (Phi) is 8.37. The Balaban J connectivity index is 2.11. The van der Waals surface area contributed by atoms with E-state index in [2.05, 4.69) is 36.2 Å². The van der Waals surface area contributed by atoms with E-state index in [0.29, 0.717) is 23.0 Å². The van der Waals surface area contributed by atoms with Gasteiger partial charge in [0.25, 0.3) is 0 Å². The standard InChI is InChI=1S/C25H39N7O3/c1-17(2)20-15-28-32-22(14-21(29-23(20)32)34-19-9-12-30(7)13-10-19)31(16-18(27-6)8-11-26)24(33)35-25(3,4)5/h8,11,14-15,17,19,26-27H,9-10,12-13,16H2,1-7H3/b18-8-,26-11?. The molecule has 3 rings (SSSR count). The first-order valence-electron chi connectivity index (χ1n) is 12.1. The number of likely N-dealkylation sites (tertiary alicyclic amines) is 1. The number of likely N-dealkylation sites (N-methyl/N-ethyl adjacent to an activating group) is 1. The van der Waals surface area contributed by atoms with Crippen LogP contribution in [0.1, 0.15) is 58.9 Å². The molecule has 1 fully saturated rings. The number of fused-ring (bicyclic) bond motifs is 1. The molecule has 2 aromatic heterocycles. The molecule has 10 nitrogen and oxygen atoms in total. The number of amides is 1. The Bertz CT molecular complexity index is 1060. The van der Waals surface area contributed by atoms with E-state index in [-0.39, 0.29) is 18.6 Å². The molecule has 0 unspecified atom stereocenters. The van der Waals surface area contributed by atoms with Crippen LogP contribution in [0.4, 0.5) is 10.6 Å². The molecule has 0 aromatic carbocycles. The van der Waals surface area contributed by atoms with Crippen molar-refractivity contribution < 1.29 is 14.3 Å². The lowest BCUT2D eigenvalue weighted by atomic mass is 10.1. The average Bonchev–Trinajstić information content (AvgIpc) is 3.21. The Morgan fingerprint density at radius 1 is 1.34 bits per heavy atom. The highest BCUT2D eigenvalue weighted by Gasteiger charge is 2.29. The van der Waals surface area contributed by atoms with Crippen molar-refractivity contribution >= 4 is 23.8 Å². The van der Waals surface area contributed by atoms with E-state index in [1.807, 2.05) is 20.8 Å². The Labute approximate surface area is 207 Å². The molecule has 10 heteroatoms. The molecule has 3 heterocycles. The van der Waals surface area contributed by atoms with E-state index < -0.39 is 11.7 Å². The smallest absolute Gasteiger partial charge is 0.416 e. The monoisotopic (exact) mass is 485 g/mol. The summed E-state index contributed by atoms with van der Waals surface area (Å²) in [6, 6.07) is 1.75. The summed E-state index contributed by atoms with van der Waals surface area (Å²) in [6.45, 7) is 11.7. The first-order valence-corrected chi connectivity index (χ1v) is 12.1. The zero-order valence-corrected chi connectivity index (χ0v) is 22.0. The summed E-state index contributed by atoms with van der Waals surface area (Å²) in [7, 11) is 3.86. The molecular formula is C25H39N7O3. The molecule has 0 radical (unpaired) electrons. The van der Waals surface area contributed by atoms with Crippen LogP contribution in [0.3, 0.4) is 0 Å². The normalized spacial score (nSPS) is 15.9. The molecule has 1 saturated heterocycles. The van der Waals surface area contributed by atoms with Crippen LogP contribution in [0.5, 0.6) is 5.88 Å². The topological polar surface area (TPSA) is 108 Å². The SMILES string of the molecule is CN/C(=C\C=N)CN(C(=O)OC(C)(C)C)c1cc(OC2CCN(C)CC2)nc2c(C(C)C)cnn12. The number of ether oxygens (including phenoxy) is 2. The first-order chi connectivity index (χ1) is 16.5. The molecular weight excluding hydrogens is 446 g/mol. The fraction of sp³-hybridized carbons (Fsp3) is 0.600. The van der Waals surface area contributed by atoms with Crippen molar-refractivity contribution in [2.45, 2.75) is 65.1 Å². The van der Waals surface area contributed by atoms with E-state index >= 15 is 0 Å². The molecule has 2 N–H and O–H groups in total. The number of allylic oxidation sites excluding steroid dienone is 1. The van der Waals surface area contributed by atoms with Gasteiger partial charge >= 0.3 is 6.09 Å². The molecule has 35 heavy (non-hydrogen) atoms. The predicted molar refractivity (Wildman–Crippen MR) is 138 cm³/mol. The van der Waals surface area contributed by atoms with Gasteiger partial charge in [-0.3, -0.25) is 4.90 Å². The molecule has 0 bridgehead atoms. The van der Waals surface area contributed by atoms with Crippen LogP contribution in [0, 0.1) is 5.41 Å². The molecule has 0 spiro atoms. The fourth-order valence-electron chi connectivity index (χ4n) is 3.92. The molecule has 0 saturated carbocycles. The maximum atomic E-state index is 13.4. The molecule has 2 aromatic rings. The van der Waals surface area contributed by atoms with Gasteiger partial charge in [0.2, 0.25) is 5.88 Å². The molecule has 1 amide bonds. The third kappa shape index (κ3) is 6.72. The molecule has 192 valence electrons. The average molecular weight is 486 g/mol. The zero-order chi connectivity index (χ0) is 25.8. The third-order valence-corrected chi connectivity index (χ3v) is 5.86. The van der Waals surface area contributed by atoms with Gasteiger partial charge < -0.3 is 25.1 Å². The van der Waals surface area contributed by atoms with Gasteiger partial charge in [0.05, 0.1) is 12.7 Å². The van der Waals surface area contributed by atoms with E-state index in [1.165, 1.54) is 11.1 Å². The Morgan fingerprint density at radius 3 is 2.60 bits per heavy atom. The van der Waals surface area contributed by atoms with Gasteiger partial charge in [0.1, 0.15) is 17.5 Å². The van der Waals surface area contributed by atoms with E-state index in [4.69, 9.17) is 19.9 Å². The summed E-state index contributed by atoms with van der Waals surface area (Å²) in [6.07, 6.45) is 5.93. The van der Waals surface area contributed by atoms with Gasteiger partial charge in [-0.1, -0.05) is 13.8 Å². The highest BCUT2D eigenvalue weighted by atomic mass is 16.6. The number of anilines is 1. The number of hydrogen-bond donors (Lipinski definition) is 2. The van der Waals surface area contributed by atoms with Crippen LogP contribution in [-0.2, 0) is 4.74 Å². The van der Waals surface area contributed by atoms with Crippen molar-refractivity contribution in [3.63, 3.8) is 0 Å². The number of piperidine rings is 1. The van der Waals surface area contributed by atoms with Gasteiger partial charge in [-0.05, 0) is 52.7 Å². The second-order valence-electron chi connectivity index (χ2n) is 10.2. The van der Waals surface area contributed by atoms with Crippen LogP contribution in [-0.4, -0.2) is 77.2 Å². The van der Waals surface area contributed by atoms with Crippen molar-refractivity contribution in [2.24, 2.45) is 0 Å².